The molecule has 0 bridgehead atoms. The maximum Gasteiger partial charge on any atom is 0.255 e. The lowest BCUT2D eigenvalue weighted by molar-refractivity contribution is 0.0600. The Labute approximate surface area is 126 Å². The Balaban J connectivity index is 2.07. The molecule has 2 rings (SSSR count). The van der Waals surface area contributed by atoms with Crippen LogP contribution in [0.3, 0.4) is 0 Å². The van der Waals surface area contributed by atoms with E-state index < -0.39 is 0 Å². The molecule has 1 fully saturated rings. The molecule has 0 aliphatic carbocycles. The van der Waals surface area contributed by atoms with E-state index in [2.05, 4.69) is 30.7 Å². The van der Waals surface area contributed by atoms with Gasteiger partial charge in [0.05, 0.1) is 12.1 Å². The summed E-state index contributed by atoms with van der Waals surface area (Å²) in [6, 6.07) is 1.80. The lowest BCUT2D eigenvalue weighted by Crippen LogP contribution is -2.42. The van der Waals surface area contributed by atoms with Crippen molar-refractivity contribution in [3.8, 4) is 11.8 Å². The number of likely N-dealkylation sites (tertiary alicyclic amines) is 1. The summed E-state index contributed by atoms with van der Waals surface area (Å²) in [6.07, 6.45) is 6.57. The average Bonchev–Trinajstić information content (AvgIpc) is 2.53. The fourth-order valence-corrected chi connectivity index (χ4v) is 2.56. The zero-order valence-corrected chi connectivity index (χ0v) is 12.9. The smallest absolute Gasteiger partial charge is 0.255 e. The van der Waals surface area contributed by atoms with E-state index in [-0.39, 0.29) is 5.91 Å². The molecular formula is C17H23N3O. The molecule has 1 amide bonds. The standard InChI is InChI=1S/C17H23N3O/c1-3-17(2)6-9-20(10-7-17)16(21)15-11-14(5-4-8-18)12-19-13-15/h11-13H,3,6-10,18H2,1-2H3. The van der Waals surface area contributed by atoms with Crippen LogP contribution in [0.25, 0.3) is 0 Å². The molecule has 1 aliphatic rings. The first-order valence-corrected chi connectivity index (χ1v) is 7.51. The van der Waals surface area contributed by atoms with Gasteiger partial charge in [-0.2, -0.15) is 0 Å². The van der Waals surface area contributed by atoms with Gasteiger partial charge >= 0.3 is 0 Å². The molecular weight excluding hydrogens is 262 g/mol. The van der Waals surface area contributed by atoms with E-state index in [0.717, 1.165) is 31.5 Å². The molecule has 21 heavy (non-hydrogen) atoms. The number of piperidine rings is 1. The summed E-state index contributed by atoms with van der Waals surface area (Å²) in [5.41, 5.74) is 7.09. The largest absolute Gasteiger partial charge is 0.339 e. The van der Waals surface area contributed by atoms with E-state index in [0.29, 0.717) is 17.5 Å². The Hall–Kier alpha value is -1.86. The maximum atomic E-state index is 12.5. The first kappa shape index (κ1) is 15.5. The minimum atomic E-state index is 0.0528. The molecule has 2 heterocycles. The van der Waals surface area contributed by atoms with Crippen molar-refractivity contribution in [3.63, 3.8) is 0 Å². The van der Waals surface area contributed by atoms with Gasteiger partial charge < -0.3 is 10.6 Å². The SMILES string of the molecule is CCC1(C)CCN(C(=O)c2cncc(C#CCN)c2)CC1. The lowest BCUT2D eigenvalue weighted by Gasteiger charge is -2.38. The van der Waals surface area contributed by atoms with Crippen LogP contribution in [-0.4, -0.2) is 35.4 Å². The molecule has 0 unspecified atom stereocenters. The third-order valence-electron chi connectivity index (χ3n) is 4.43. The number of nitrogens with zero attached hydrogens (tertiary/aromatic N) is 2. The molecule has 1 aliphatic heterocycles. The van der Waals surface area contributed by atoms with Crippen LogP contribution in [0.15, 0.2) is 18.5 Å². The Kier molecular flexibility index (Phi) is 4.98. The highest BCUT2D eigenvalue weighted by atomic mass is 16.2. The van der Waals surface area contributed by atoms with E-state index in [9.17, 15) is 4.79 Å². The van der Waals surface area contributed by atoms with Crippen molar-refractivity contribution in [2.45, 2.75) is 33.1 Å². The Bertz CT molecular complexity index is 563. The summed E-state index contributed by atoms with van der Waals surface area (Å²) in [5, 5.41) is 0. The van der Waals surface area contributed by atoms with Gasteiger partial charge in [-0.3, -0.25) is 9.78 Å². The molecule has 1 aromatic heterocycles. The molecule has 0 saturated carbocycles. The number of amides is 1. The van der Waals surface area contributed by atoms with Crippen molar-refractivity contribution in [1.82, 2.24) is 9.88 Å². The molecule has 4 nitrogen and oxygen atoms in total. The van der Waals surface area contributed by atoms with Crippen LogP contribution in [-0.2, 0) is 0 Å². The van der Waals surface area contributed by atoms with Crippen LogP contribution in [0.1, 0.15) is 49.0 Å². The predicted molar refractivity (Wildman–Crippen MR) is 83.7 cm³/mol. The quantitative estimate of drug-likeness (QED) is 0.846. The topological polar surface area (TPSA) is 59.2 Å². The Morgan fingerprint density at radius 3 is 2.76 bits per heavy atom. The number of hydrogen-bond donors (Lipinski definition) is 1. The first-order valence-electron chi connectivity index (χ1n) is 7.51. The molecule has 0 spiro atoms. The van der Waals surface area contributed by atoms with Gasteiger partial charge in [-0.05, 0) is 24.3 Å². The highest BCUT2D eigenvalue weighted by Crippen LogP contribution is 2.34. The summed E-state index contributed by atoms with van der Waals surface area (Å²) >= 11 is 0. The number of hydrogen-bond acceptors (Lipinski definition) is 3. The Morgan fingerprint density at radius 1 is 1.43 bits per heavy atom. The molecule has 0 aromatic carbocycles. The summed E-state index contributed by atoms with van der Waals surface area (Å²) in [4.78, 5) is 18.6. The van der Waals surface area contributed by atoms with Crippen LogP contribution < -0.4 is 5.73 Å². The minimum Gasteiger partial charge on any atom is -0.339 e. The zero-order chi connectivity index (χ0) is 15.3. The number of carbonyl (C=O) groups excluding carboxylic acids is 1. The second-order valence-electron chi connectivity index (χ2n) is 5.92. The number of aromatic nitrogens is 1. The zero-order valence-electron chi connectivity index (χ0n) is 12.9. The third kappa shape index (κ3) is 3.83. The third-order valence-corrected chi connectivity index (χ3v) is 4.43. The molecule has 4 heteroatoms. The van der Waals surface area contributed by atoms with Gasteiger partial charge in [0, 0.05) is 31.0 Å². The van der Waals surface area contributed by atoms with Crippen LogP contribution in [0, 0.1) is 17.3 Å². The molecule has 112 valence electrons. The van der Waals surface area contributed by atoms with E-state index in [1.807, 2.05) is 4.90 Å². The van der Waals surface area contributed by atoms with Crippen molar-refractivity contribution in [2.75, 3.05) is 19.6 Å². The number of nitrogens with two attached hydrogens (primary N) is 1. The van der Waals surface area contributed by atoms with E-state index >= 15 is 0 Å². The fraction of sp³-hybridized carbons (Fsp3) is 0.529. The lowest BCUT2D eigenvalue weighted by atomic mass is 9.78. The van der Waals surface area contributed by atoms with Crippen molar-refractivity contribution < 1.29 is 4.79 Å². The minimum absolute atomic E-state index is 0.0528. The molecule has 1 aromatic rings. The van der Waals surface area contributed by atoms with Gasteiger partial charge in [-0.25, -0.2) is 0 Å². The van der Waals surface area contributed by atoms with Gasteiger partial charge in [0.25, 0.3) is 5.91 Å². The van der Waals surface area contributed by atoms with Crippen LogP contribution in [0.2, 0.25) is 0 Å². The van der Waals surface area contributed by atoms with Gasteiger partial charge in [0.1, 0.15) is 0 Å². The second-order valence-corrected chi connectivity index (χ2v) is 5.92. The van der Waals surface area contributed by atoms with Crippen LogP contribution in [0.4, 0.5) is 0 Å². The number of carbonyl (C=O) groups is 1. The maximum absolute atomic E-state index is 12.5. The van der Waals surface area contributed by atoms with Gasteiger partial charge in [-0.1, -0.05) is 32.1 Å². The van der Waals surface area contributed by atoms with Crippen LogP contribution >= 0.6 is 0 Å². The molecule has 0 atom stereocenters. The number of rotatable bonds is 2. The first-order chi connectivity index (χ1) is 10.1. The van der Waals surface area contributed by atoms with Gasteiger partial charge in [0.15, 0.2) is 0 Å². The summed E-state index contributed by atoms with van der Waals surface area (Å²) in [6.45, 7) is 6.48. The monoisotopic (exact) mass is 285 g/mol. The van der Waals surface area contributed by atoms with Crippen molar-refractivity contribution in [2.24, 2.45) is 11.1 Å². The molecule has 2 N–H and O–H groups in total. The molecule has 1 saturated heterocycles. The van der Waals surface area contributed by atoms with E-state index in [1.54, 1.807) is 18.5 Å². The Morgan fingerprint density at radius 2 is 2.14 bits per heavy atom. The highest BCUT2D eigenvalue weighted by molar-refractivity contribution is 5.94. The van der Waals surface area contributed by atoms with Crippen molar-refractivity contribution in [3.05, 3.63) is 29.6 Å². The fourth-order valence-electron chi connectivity index (χ4n) is 2.56. The average molecular weight is 285 g/mol. The van der Waals surface area contributed by atoms with Crippen molar-refractivity contribution in [1.29, 1.82) is 0 Å². The summed E-state index contributed by atoms with van der Waals surface area (Å²) < 4.78 is 0. The van der Waals surface area contributed by atoms with E-state index in [4.69, 9.17) is 5.73 Å². The normalized spacial score (nSPS) is 17.0. The van der Waals surface area contributed by atoms with Gasteiger partial charge in [0.2, 0.25) is 0 Å². The van der Waals surface area contributed by atoms with E-state index in [1.165, 1.54) is 6.42 Å². The van der Waals surface area contributed by atoms with Gasteiger partial charge in [-0.15, -0.1) is 0 Å². The molecule has 0 radical (unpaired) electrons. The summed E-state index contributed by atoms with van der Waals surface area (Å²) in [7, 11) is 0. The van der Waals surface area contributed by atoms with Crippen LogP contribution in [0.5, 0.6) is 0 Å². The van der Waals surface area contributed by atoms with Crippen molar-refractivity contribution >= 4 is 5.91 Å². The predicted octanol–water partition coefficient (Wildman–Crippen LogP) is 2.04. The summed E-state index contributed by atoms with van der Waals surface area (Å²) in [5.74, 6) is 5.75. The highest BCUT2D eigenvalue weighted by Gasteiger charge is 2.30. The second kappa shape index (κ2) is 6.73. The number of pyridine rings is 1.